The molecule has 0 amide bonds. The van der Waals surface area contributed by atoms with Gasteiger partial charge in [-0.2, -0.15) is 0 Å². The lowest BCUT2D eigenvalue weighted by Gasteiger charge is -2.37. The molecule has 0 saturated carbocycles. The predicted octanol–water partition coefficient (Wildman–Crippen LogP) is 2.98. The first-order chi connectivity index (χ1) is 9.28. The Bertz CT molecular complexity index is 391. The third kappa shape index (κ3) is 2.70. The Morgan fingerprint density at radius 3 is 2.37 bits per heavy atom. The smallest absolute Gasteiger partial charge is 0.0499 e. The molecular formula is C17H24NO. The Labute approximate surface area is 116 Å². The highest BCUT2D eigenvalue weighted by atomic mass is 16.3. The fourth-order valence-corrected chi connectivity index (χ4v) is 3.86. The summed E-state index contributed by atoms with van der Waals surface area (Å²) in [4.78, 5) is 2.57. The minimum Gasteiger partial charge on any atom is -0.396 e. The number of fused-ring (bicyclic) bond motifs is 2. The van der Waals surface area contributed by atoms with Crippen LogP contribution in [0.4, 0.5) is 0 Å². The zero-order chi connectivity index (χ0) is 13.2. The molecule has 0 spiro atoms. The number of rotatable bonds is 4. The van der Waals surface area contributed by atoms with Crippen molar-refractivity contribution in [3.63, 3.8) is 0 Å². The molecule has 2 heterocycles. The average molecular weight is 258 g/mol. The fraction of sp³-hybridized carbons (Fsp3) is 0.588. The second kappa shape index (κ2) is 5.64. The van der Waals surface area contributed by atoms with Crippen LogP contribution in [0.2, 0.25) is 0 Å². The van der Waals surface area contributed by atoms with Crippen LogP contribution < -0.4 is 0 Å². The second-order valence-corrected chi connectivity index (χ2v) is 6.20. The topological polar surface area (TPSA) is 23.5 Å². The van der Waals surface area contributed by atoms with E-state index in [2.05, 4.69) is 36.2 Å². The molecule has 2 aliphatic rings. The summed E-state index contributed by atoms with van der Waals surface area (Å²) < 4.78 is 0. The Morgan fingerprint density at radius 1 is 1.16 bits per heavy atom. The minimum atomic E-state index is 0.263. The molecule has 1 aromatic rings. The first kappa shape index (κ1) is 13.1. The van der Waals surface area contributed by atoms with Crippen LogP contribution in [0.15, 0.2) is 30.3 Å². The predicted molar refractivity (Wildman–Crippen MR) is 77.9 cm³/mol. The van der Waals surface area contributed by atoms with E-state index in [4.69, 9.17) is 0 Å². The van der Waals surface area contributed by atoms with Gasteiger partial charge >= 0.3 is 0 Å². The largest absolute Gasteiger partial charge is 0.396 e. The summed E-state index contributed by atoms with van der Waals surface area (Å²) in [6.45, 7) is 0.263. The molecule has 3 rings (SSSR count). The summed E-state index contributed by atoms with van der Waals surface area (Å²) in [5, 5.41) is 9.69. The van der Waals surface area contributed by atoms with Gasteiger partial charge in [0.15, 0.2) is 0 Å². The van der Waals surface area contributed by atoms with E-state index in [1.807, 2.05) is 6.07 Å². The van der Waals surface area contributed by atoms with E-state index >= 15 is 0 Å². The van der Waals surface area contributed by atoms with Crippen LogP contribution in [0.5, 0.6) is 0 Å². The lowest BCUT2D eigenvalue weighted by Crippen LogP contribution is -2.39. The third-order valence-electron chi connectivity index (χ3n) is 5.06. The lowest BCUT2D eigenvalue weighted by molar-refractivity contribution is 0.180. The van der Waals surface area contributed by atoms with E-state index in [9.17, 15) is 5.11 Å². The zero-order valence-corrected chi connectivity index (χ0v) is 11.8. The van der Waals surface area contributed by atoms with Gasteiger partial charge in [-0.15, -0.1) is 0 Å². The van der Waals surface area contributed by atoms with Crippen LogP contribution >= 0.6 is 0 Å². The molecule has 2 bridgehead atoms. The summed E-state index contributed by atoms with van der Waals surface area (Å²) in [6.07, 6.45) is 6.29. The number of aliphatic hydroxyl groups is 1. The first-order valence-corrected chi connectivity index (χ1v) is 7.49. The van der Waals surface area contributed by atoms with Gasteiger partial charge in [0.1, 0.15) is 0 Å². The highest BCUT2D eigenvalue weighted by molar-refractivity contribution is 5.22. The zero-order valence-electron chi connectivity index (χ0n) is 11.8. The number of benzene rings is 1. The number of piperidine rings is 1. The van der Waals surface area contributed by atoms with Gasteiger partial charge in [-0.25, -0.2) is 0 Å². The van der Waals surface area contributed by atoms with Crippen LogP contribution in [0.3, 0.4) is 0 Å². The molecule has 19 heavy (non-hydrogen) atoms. The van der Waals surface area contributed by atoms with Crippen molar-refractivity contribution in [3.8, 4) is 0 Å². The molecule has 2 fully saturated rings. The number of nitrogens with zero attached hydrogens (tertiary/aromatic N) is 1. The SMILES string of the molecule is CN1C2CCC1C[C](CC(CO)c1ccccc1)C2. The maximum atomic E-state index is 9.69. The lowest BCUT2D eigenvalue weighted by atomic mass is 9.81. The Balaban J connectivity index is 1.65. The van der Waals surface area contributed by atoms with E-state index < -0.39 is 0 Å². The van der Waals surface area contributed by atoms with E-state index in [1.165, 1.54) is 31.2 Å². The molecular weight excluding hydrogens is 234 g/mol. The molecule has 103 valence electrons. The van der Waals surface area contributed by atoms with Gasteiger partial charge in [0.05, 0.1) is 0 Å². The van der Waals surface area contributed by atoms with E-state index in [-0.39, 0.29) is 6.61 Å². The maximum Gasteiger partial charge on any atom is 0.0499 e. The van der Waals surface area contributed by atoms with Crippen molar-refractivity contribution in [1.29, 1.82) is 0 Å². The van der Waals surface area contributed by atoms with Crippen LogP contribution in [-0.2, 0) is 0 Å². The van der Waals surface area contributed by atoms with E-state index in [0.717, 1.165) is 18.5 Å². The monoisotopic (exact) mass is 258 g/mol. The van der Waals surface area contributed by atoms with Crippen molar-refractivity contribution < 1.29 is 5.11 Å². The van der Waals surface area contributed by atoms with Crippen molar-refractivity contribution in [2.75, 3.05) is 13.7 Å². The van der Waals surface area contributed by atoms with Gasteiger partial charge in [0.2, 0.25) is 0 Å². The van der Waals surface area contributed by atoms with E-state index in [1.54, 1.807) is 5.92 Å². The van der Waals surface area contributed by atoms with Gasteiger partial charge in [-0.1, -0.05) is 30.3 Å². The van der Waals surface area contributed by atoms with Crippen LogP contribution in [0.25, 0.3) is 0 Å². The van der Waals surface area contributed by atoms with Gasteiger partial charge in [0.25, 0.3) is 0 Å². The van der Waals surface area contributed by atoms with Crippen molar-refractivity contribution in [2.45, 2.75) is 50.1 Å². The highest BCUT2D eigenvalue weighted by Crippen LogP contribution is 2.42. The second-order valence-electron chi connectivity index (χ2n) is 6.20. The Hall–Kier alpha value is -0.860. The maximum absolute atomic E-state index is 9.69. The van der Waals surface area contributed by atoms with Crippen molar-refractivity contribution >= 4 is 0 Å². The number of hydrogen-bond acceptors (Lipinski definition) is 2. The van der Waals surface area contributed by atoms with Gasteiger partial charge in [-0.3, -0.25) is 0 Å². The molecule has 2 saturated heterocycles. The van der Waals surface area contributed by atoms with Crippen molar-refractivity contribution in [1.82, 2.24) is 4.90 Å². The molecule has 0 aliphatic carbocycles. The van der Waals surface area contributed by atoms with Crippen molar-refractivity contribution in [3.05, 3.63) is 41.8 Å². The van der Waals surface area contributed by atoms with E-state index in [0.29, 0.717) is 5.92 Å². The quantitative estimate of drug-likeness (QED) is 0.897. The summed E-state index contributed by atoms with van der Waals surface area (Å²) in [7, 11) is 2.28. The summed E-state index contributed by atoms with van der Waals surface area (Å²) >= 11 is 0. The molecule has 3 unspecified atom stereocenters. The van der Waals surface area contributed by atoms with Crippen molar-refractivity contribution in [2.24, 2.45) is 0 Å². The standard InChI is InChI=1S/C17H24NO/c1-18-16-7-8-17(18)11-13(10-16)9-15(12-19)14-5-3-2-4-6-14/h2-6,15-17,19H,7-12H2,1H3. The summed E-state index contributed by atoms with van der Waals surface area (Å²) in [5.41, 5.74) is 1.28. The third-order valence-corrected chi connectivity index (χ3v) is 5.06. The Morgan fingerprint density at radius 2 is 1.79 bits per heavy atom. The molecule has 1 radical (unpaired) electrons. The molecule has 0 aromatic heterocycles. The van der Waals surface area contributed by atoms with Crippen LogP contribution in [0.1, 0.15) is 43.6 Å². The van der Waals surface area contributed by atoms with Gasteiger partial charge in [0, 0.05) is 24.6 Å². The molecule has 2 heteroatoms. The number of hydrogen-bond donors (Lipinski definition) is 1. The fourth-order valence-electron chi connectivity index (χ4n) is 3.86. The summed E-state index contributed by atoms with van der Waals surface area (Å²) in [6, 6.07) is 12.0. The Kier molecular flexibility index (Phi) is 3.90. The first-order valence-electron chi connectivity index (χ1n) is 7.49. The highest BCUT2D eigenvalue weighted by Gasteiger charge is 2.39. The molecule has 1 aromatic carbocycles. The van der Waals surface area contributed by atoms with Crippen LogP contribution in [-0.4, -0.2) is 35.7 Å². The molecule has 2 nitrogen and oxygen atoms in total. The van der Waals surface area contributed by atoms with Crippen LogP contribution in [0, 0.1) is 5.92 Å². The normalized spacial score (nSPS) is 29.6. The molecule has 3 atom stereocenters. The summed E-state index contributed by atoms with van der Waals surface area (Å²) in [5.74, 6) is 1.97. The molecule has 2 aliphatic heterocycles. The molecule has 1 N–H and O–H groups in total. The average Bonchev–Trinajstić information content (AvgIpc) is 2.67. The minimum absolute atomic E-state index is 0.263. The number of aliphatic hydroxyl groups excluding tert-OH is 1. The van der Waals surface area contributed by atoms with Gasteiger partial charge < -0.3 is 10.0 Å². The van der Waals surface area contributed by atoms with Gasteiger partial charge in [-0.05, 0) is 50.6 Å².